The fraction of sp³-hybridized carbons (Fsp3) is 0.150. The molecule has 1 amide bonds. The van der Waals surface area contributed by atoms with Crippen LogP contribution in [0.25, 0.3) is 22.3 Å². The lowest BCUT2D eigenvalue weighted by molar-refractivity contribution is 0.0948. The number of aryl methyl sites for hydroxylation is 2. The first kappa shape index (κ1) is 16.1. The van der Waals surface area contributed by atoms with E-state index in [9.17, 15) is 4.79 Å². The number of imidazole rings is 1. The molecule has 1 N–H and O–H groups in total. The zero-order valence-electron chi connectivity index (χ0n) is 14.6. The molecule has 0 saturated heterocycles. The van der Waals surface area contributed by atoms with Crippen molar-refractivity contribution in [2.75, 3.05) is 0 Å². The van der Waals surface area contributed by atoms with E-state index in [-0.39, 0.29) is 5.91 Å². The molecule has 2 aromatic heterocycles. The third kappa shape index (κ3) is 2.75. The number of hydrogen-bond donors (Lipinski definition) is 1. The molecule has 4 rings (SSSR count). The molecule has 4 aromatic rings. The fourth-order valence-corrected chi connectivity index (χ4v) is 3.03. The van der Waals surface area contributed by atoms with E-state index in [4.69, 9.17) is 4.52 Å². The summed E-state index contributed by atoms with van der Waals surface area (Å²) in [6.45, 7) is 2.06. The van der Waals surface area contributed by atoms with Gasteiger partial charge in [-0.3, -0.25) is 4.79 Å². The van der Waals surface area contributed by atoms with E-state index < -0.39 is 0 Å². The van der Waals surface area contributed by atoms with Gasteiger partial charge in [0, 0.05) is 12.6 Å². The van der Waals surface area contributed by atoms with E-state index >= 15 is 0 Å². The highest BCUT2D eigenvalue weighted by molar-refractivity contribution is 6.00. The number of amides is 1. The van der Waals surface area contributed by atoms with Crippen molar-refractivity contribution >= 4 is 16.9 Å². The van der Waals surface area contributed by atoms with Crippen LogP contribution in [0.3, 0.4) is 0 Å². The molecule has 0 aliphatic carbocycles. The molecule has 2 heterocycles. The summed E-state index contributed by atoms with van der Waals surface area (Å²) in [6.07, 6.45) is 0. The molecule has 0 radical (unpaired) electrons. The molecule has 0 spiro atoms. The summed E-state index contributed by atoms with van der Waals surface area (Å²) in [5.74, 6) is 1.05. The van der Waals surface area contributed by atoms with Crippen LogP contribution in [0.1, 0.15) is 21.9 Å². The van der Waals surface area contributed by atoms with Gasteiger partial charge in [-0.25, -0.2) is 4.98 Å². The Morgan fingerprint density at radius 2 is 1.85 bits per heavy atom. The smallest absolute Gasteiger partial charge is 0.257 e. The van der Waals surface area contributed by atoms with Gasteiger partial charge in [-0.1, -0.05) is 47.6 Å². The van der Waals surface area contributed by atoms with Crippen LogP contribution in [0, 0.1) is 6.92 Å². The van der Waals surface area contributed by atoms with Crippen LogP contribution in [0.2, 0.25) is 0 Å². The van der Waals surface area contributed by atoms with Crippen LogP contribution < -0.4 is 5.32 Å². The largest absolute Gasteiger partial charge is 0.360 e. The summed E-state index contributed by atoms with van der Waals surface area (Å²) in [5, 5.41) is 6.99. The highest BCUT2D eigenvalue weighted by Crippen LogP contribution is 2.25. The molecule has 0 bridgehead atoms. The Labute approximate surface area is 150 Å². The van der Waals surface area contributed by atoms with Gasteiger partial charge in [0.05, 0.1) is 17.6 Å². The number of carbonyl (C=O) groups is 1. The number of fused-ring (bicyclic) bond motifs is 1. The first-order valence-electron chi connectivity index (χ1n) is 8.35. The normalized spacial score (nSPS) is 11.0. The molecule has 0 unspecified atom stereocenters. The van der Waals surface area contributed by atoms with Crippen molar-refractivity contribution < 1.29 is 9.32 Å². The van der Waals surface area contributed by atoms with Crippen molar-refractivity contribution in [3.63, 3.8) is 0 Å². The lowest BCUT2D eigenvalue weighted by Crippen LogP contribution is -2.25. The Balaban J connectivity index is 1.59. The second-order valence-electron chi connectivity index (χ2n) is 6.09. The highest BCUT2D eigenvalue weighted by Gasteiger charge is 2.21. The number of carbonyl (C=O) groups excluding carboxylic acids is 1. The van der Waals surface area contributed by atoms with Crippen LogP contribution in [-0.2, 0) is 13.6 Å². The molecule has 2 aromatic carbocycles. The Morgan fingerprint density at radius 1 is 1.12 bits per heavy atom. The third-order valence-corrected chi connectivity index (χ3v) is 4.42. The number of aromatic nitrogens is 3. The van der Waals surface area contributed by atoms with E-state index in [1.807, 2.05) is 66.2 Å². The summed E-state index contributed by atoms with van der Waals surface area (Å²) >= 11 is 0. The van der Waals surface area contributed by atoms with E-state index in [2.05, 4.69) is 15.5 Å². The molecule has 26 heavy (non-hydrogen) atoms. The van der Waals surface area contributed by atoms with Gasteiger partial charge in [0.15, 0.2) is 0 Å². The van der Waals surface area contributed by atoms with Gasteiger partial charge >= 0.3 is 0 Å². The minimum absolute atomic E-state index is 0.227. The minimum atomic E-state index is -0.227. The first-order valence-corrected chi connectivity index (χ1v) is 8.35. The van der Waals surface area contributed by atoms with Crippen molar-refractivity contribution in [2.45, 2.75) is 13.5 Å². The van der Waals surface area contributed by atoms with Crippen molar-refractivity contribution in [1.29, 1.82) is 0 Å². The second kappa shape index (κ2) is 6.48. The molecule has 0 aliphatic rings. The topological polar surface area (TPSA) is 73.0 Å². The number of hydrogen-bond acceptors (Lipinski definition) is 4. The Kier molecular flexibility index (Phi) is 4.01. The van der Waals surface area contributed by atoms with Gasteiger partial charge in [0.2, 0.25) is 0 Å². The number of rotatable bonds is 4. The monoisotopic (exact) mass is 346 g/mol. The highest BCUT2D eigenvalue weighted by atomic mass is 16.5. The van der Waals surface area contributed by atoms with Crippen LogP contribution in [-0.4, -0.2) is 20.6 Å². The summed E-state index contributed by atoms with van der Waals surface area (Å²) in [5.41, 5.74) is 3.78. The van der Waals surface area contributed by atoms with Gasteiger partial charge in [-0.15, -0.1) is 0 Å². The van der Waals surface area contributed by atoms with Gasteiger partial charge in [-0.2, -0.15) is 0 Å². The predicted molar refractivity (Wildman–Crippen MR) is 98.6 cm³/mol. The summed E-state index contributed by atoms with van der Waals surface area (Å²) < 4.78 is 7.24. The maximum atomic E-state index is 12.8. The van der Waals surface area contributed by atoms with Gasteiger partial charge in [0.25, 0.3) is 5.91 Å². The Hall–Kier alpha value is -3.41. The van der Waals surface area contributed by atoms with Crippen LogP contribution in [0.5, 0.6) is 0 Å². The SMILES string of the molecule is Cc1onc(-c2ccccc2)c1C(=O)NCc1nc2ccccc2n1C. The molecular weight excluding hydrogens is 328 g/mol. The number of nitrogens with one attached hydrogen (secondary N) is 1. The Morgan fingerprint density at radius 3 is 2.62 bits per heavy atom. The Bertz CT molecular complexity index is 1080. The van der Waals surface area contributed by atoms with Crippen LogP contribution in [0.15, 0.2) is 59.1 Å². The van der Waals surface area contributed by atoms with Gasteiger partial charge in [0.1, 0.15) is 22.8 Å². The average molecular weight is 346 g/mol. The van der Waals surface area contributed by atoms with Crippen molar-refractivity contribution in [3.8, 4) is 11.3 Å². The van der Waals surface area contributed by atoms with Gasteiger partial charge < -0.3 is 14.4 Å². The third-order valence-electron chi connectivity index (χ3n) is 4.42. The van der Waals surface area contributed by atoms with Crippen molar-refractivity contribution in [2.24, 2.45) is 7.05 Å². The van der Waals surface area contributed by atoms with Crippen LogP contribution in [0.4, 0.5) is 0 Å². The molecule has 6 nitrogen and oxygen atoms in total. The minimum Gasteiger partial charge on any atom is -0.360 e. The maximum absolute atomic E-state index is 12.8. The number of benzene rings is 2. The molecule has 0 atom stereocenters. The molecule has 0 fully saturated rings. The lowest BCUT2D eigenvalue weighted by Gasteiger charge is -2.06. The maximum Gasteiger partial charge on any atom is 0.257 e. The molecular formula is C20H18N4O2. The molecule has 0 aliphatic heterocycles. The number of para-hydroxylation sites is 2. The number of nitrogens with zero attached hydrogens (tertiary/aromatic N) is 3. The van der Waals surface area contributed by atoms with Gasteiger partial charge in [-0.05, 0) is 19.1 Å². The van der Waals surface area contributed by atoms with E-state index in [1.54, 1.807) is 6.92 Å². The van der Waals surface area contributed by atoms with Crippen LogP contribution >= 0.6 is 0 Å². The van der Waals surface area contributed by atoms with E-state index in [1.165, 1.54) is 0 Å². The standard InChI is InChI=1S/C20H18N4O2/c1-13-18(19(23-26-13)14-8-4-3-5-9-14)20(25)21-12-17-22-15-10-6-7-11-16(15)24(17)2/h3-11H,12H2,1-2H3,(H,21,25). The second-order valence-corrected chi connectivity index (χ2v) is 6.09. The van der Waals surface area contributed by atoms with E-state index in [0.717, 1.165) is 22.4 Å². The molecule has 130 valence electrons. The molecule has 0 saturated carbocycles. The summed E-state index contributed by atoms with van der Waals surface area (Å²) in [4.78, 5) is 17.4. The quantitative estimate of drug-likeness (QED) is 0.614. The summed E-state index contributed by atoms with van der Waals surface area (Å²) in [7, 11) is 1.94. The van der Waals surface area contributed by atoms with Crippen molar-refractivity contribution in [1.82, 2.24) is 20.0 Å². The van der Waals surface area contributed by atoms with Crippen molar-refractivity contribution in [3.05, 3.63) is 71.7 Å². The average Bonchev–Trinajstić information content (AvgIpc) is 3.21. The lowest BCUT2D eigenvalue weighted by atomic mass is 10.1. The zero-order valence-corrected chi connectivity index (χ0v) is 14.6. The molecule has 6 heteroatoms. The van der Waals surface area contributed by atoms with E-state index in [0.29, 0.717) is 23.6 Å². The first-order chi connectivity index (χ1) is 12.6. The zero-order chi connectivity index (χ0) is 18.1. The summed E-state index contributed by atoms with van der Waals surface area (Å²) in [6, 6.07) is 17.4. The fourth-order valence-electron chi connectivity index (χ4n) is 3.03. The predicted octanol–water partition coefficient (Wildman–Crippen LogP) is 3.47.